The Kier molecular flexibility index (Phi) is 7.84. The first-order valence-corrected chi connectivity index (χ1v) is 15.9. The number of phenolic OH excluding ortho intramolecular Hbond substituents is 1. The van der Waals surface area contributed by atoms with Gasteiger partial charge in [0.25, 0.3) is 0 Å². The van der Waals surface area contributed by atoms with Crippen LogP contribution in [-0.4, -0.2) is 53.8 Å². The zero-order chi connectivity index (χ0) is 28.6. The van der Waals surface area contributed by atoms with Crippen molar-refractivity contribution < 1.29 is 43.5 Å². The Labute approximate surface area is 223 Å². The van der Waals surface area contributed by atoms with Gasteiger partial charge < -0.3 is 5.11 Å². The second-order valence-corrected chi connectivity index (χ2v) is 14.3. The number of sulfonamides is 2. The molecule has 0 spiro atoms. The molecule has 9 nitrogen and oxygen atoms in total. The van der Waals surface area contributed by atoms with Crippen molar-refractivity contribution in [2.24, 2.45) is 0 Å². The third-order valence-electron chi connectivity index (χ3n) is 6.16. The minimum absolute atomic E-state index is 0.0418. The molecular formula is C24H23F3N2O7S3. The molecule has 210 valence electrons. The van der Waals surface area contributed by atoms with Gasteiger partial charge in [-0.1, -0.05) is 18.2 Å². The molecule has 1 heterocycles. The van der Waals surface area contributed by atoms with Gasteiger partial charge in [-0.25, -0.2) is 30.0 Å². The van der Waals surface area contributed by atoms with Gasteiger partial charge in [-0.3, -0.25) is 0 Å². The number of aromatic hydroxyl groups is 1. The first-order valence-electron chi connectivity index (χ1n) is 11.5. The number of hydrogen-bond donors (Lipinski definition) is 2. The van der Waals surface area contributed by atoms with E-state index in [-0.39, 0.29) is 41.5 Å². The topological polar surface area (TPSA) is 138 Å². The van der Waals surface area contributed by atoms with Crippen molar-refractivity contribution in [3.05, 3.63) is 78.4 Å². The monoisotopic (exact) mass is 604 g/mol. The van der Waals surface area contributed by atoms with Crippen LogP contribution in [0.15, 0.2) is 92.4 Å². The lowest BCUT2D eigenvalue weighted by Gasteiger charge is -2.31. The van der Waals surface area contributed by atoms with Crippen molar-refractivity contribution in [2.45, 2.75) is 44.6 Å². The molecule has 15 heteroatoms. The Hall–Kier alpha value is -2.98. The van der Waals surface area contributed by atoms with Gasteiger partial charge in [0, 0.05) is 19.1 Å². The number of alkyl halides is 3. The third kappa shape index (κ3) is 6.11. The van der Waals surface area contributed by atoms with Crippen LogP contribution in [0.2, 0.25) is 0 Å². The van der Waals surface area contributed by atoms with Gasteiger partial charge in [0.1, 0.15) is 5.75 Å². The van der Waals surface area contributed by atoms with E-state index in [1.54, 1.807) is 6.07 Å². The van der Waals surface area contributed by atoms with Crippen molar-refractivity contribution in [1.29, 1.82) is 0 Å². The molecule has 1 fully saturated rings. The summed E-state index contributed by atoms with van der Waals surface area (Å²) in [6.45, 7) is -0.240. The molecule has 0 aliphatic carbocycles. The average Bonchev–Trinajstić information content (AvgIpc) is 2.88. The number of nitrogens with zero attached hydrogens (tertiary/aromatic N) is 1. The summed E-state index contributed by atoms with van der Waals surface area (Å²) in [4.78, 5) is -2.17. The van der Waals surface area contributed by atoms with Crippen molar-refractivity contribution in [2.75, 3.05) is 13.1 Å². The predicted octanol–water partition coefficient (Wildman–Crippen LogP) is 3.38. The van der Waals surface area contributed by atoms with Crippen LogP contribution in [0.25, 0.3) is 0 Å². The van der Waals surface area contributed by atoms with Crippen molar-refractivity contribution in [3.8, 4) is 5.75 Å². The van der Waals surface area contributed by atoms with Gasteiger partial charge in [0.05, 0.1) is 25.1 Å². The quantitative estimate of drug-likeness (QED) is 0.422. The van der Waals surface area contributed by atoms with E-state index in [4.69, 9.17) is 0 Å². The van der Waals surface area contributed by atoms with E-state index in [9.17, 15) is 43.5 Å². The highest BCUT2D eigenvalue weighted by Gasteiger charge is 2.39. The minimum atomic E-state index is -5.10. The Morgan fingerprint density at radius 1 is 0.769 bits per heavy atom. The van der Waals surface area contributed by atoms with Crippen LogP contribution in [0.5, 0.6) is 5.75 Å². The predicted molar refractivity (Wildman–Crippen MR) is 134 cm³/mol. The van der Waals surface area contributed by atoms with Gasteiger partial charge in [-0.05, 0) is 67.4 Å². The molecule has 3 aromatic carbocycles. The second-order valence-electron chi connectivity index (χ2n) is 8.77. The summed E-state index contributed by atoms with van der Waals surface area (Å²) in [5.74, 6) is -0.124. The van der Waals surface area contributed by atoms with Crippen LogP contribution in [0.1, 0.15) is 18.4 Å². The lowest BCUT2D eigenvalue weighted by Crippen LogP contribution is -2.46. The Morgan fingerprint density at radius 3 is 1.90 bits per heavy atom. The normalized spacial score (nSPS) is 16.3. The Bertz CT molecular complexity index is 1670. The lowest BCUT2D eigenvalue weighted by molar-refractivity contribution is -0.139. The number of piperidine rings is 1. The first-order chi connectivity index (χ1) is 18.1. The molecule has 1 aliphatic heterocycles. The van der Waals surface area contributed by atoms with Crippen LogP contribution in [0.3, 0.4) is 0 Å². The molecule has 1 aliphatic rings. The molecule has 0 radical (unpaired) electrons. The molecular weight excluding hydrogens is 581 g/mol. The average molecular weight is 605 g/mol. The number of sulfone groups is 1. The molecule has 0 atom stereocenters. The summed E-state index contributed by atoms with van der Waals surface area (Å²) >= 11 is 0. The lowest BCUT2D eigenvalue weighted by atomic mass is 10.1. The van der Waals surface area contributed by atoms with Crippen LogP contribution >= 0.6 is 0 Å². The summed E-state index contributed by atoms with van der Waals surface area (Å²) in [6.07, 6.45) is -5.18. The van der Waals surface area contributed by atoms with E-state index in [1.165, 1.54) is 48.5 Å². The summed E-state index contributed by atoms with van der Waals surface area (Å²) in [7, 11) is -13.1. The molecule has 0 unspecified atom stereocenters. The molecule has 2 N–H and O–H groups in total. The third-order valence-corrected chi connectivity index (χ3v) is 11.4. The fourth-order valence-electron chi connectivity index (χ4n) is 4.13. The SMILES string of the molecule is O=S(=O)(NC1CCN(S(=O)(=O)c2ccc(O)cc2)CC1)c1cc(S(=O)(=O)c2ccccc2)ccc1C(F)(F)F. The maximum absolute atomic E-state index is 13.7. The standard InChI is InChI=1S/C24H23F3N2O7S3/c25-24(26,27)22-11-10-21(37(31,32)19-4-2-1-3-5-19)16-23(22)38(33,34)28-17-12-14-29(15-13-17)39(35,36)20-8-6-18(30)7-9-20/h1-11,16-17,28,30H,12-15H2. The van der Waals surface area contributed by atoms with E-state index >= 15 is 0 Å². The largest absolute Gasteiger partial charge is 0.508 e. The Morgan fingerprint density at radius 2 is 1.33 bits per heavy atom. The summed E-state index contributed by atoms with van der Waals surface area (Å²) in [5, 5.41) is 9.38. The van der Waals surface area contributed by atoms with E-state index in [0.717, 1.165) is 4.31 Å². The number of halogens is 3. The van der Waals surface area contributed by atoms with Gasteiger partial charge >= 0.3 is 6.18 Å². The van der Waals surface area contributed by atoms with Crippen molar-refractivity contribution in [1.82, 2.24) is 9.03 Å². The molecule has 0 saturated carbocycles. The summed E-state index contributed by atoms with van der Waals surface area (Å²) < 4.78 is 122. The van der Waals surface area contributed by atoms with Crippen LogP contribution in [0, 0.1) is 0 Å². The fraction of sp³-hybridized carbons (Fsp3) is 0.250. The molecule has 39 heavy (non-hydrogen) atoms. The molecule has 3 aromatic rings. The van der Waals surface area contributed by atoms with E-state index in [1.807, 2.05) is 0 Å². The fourth-order valence-corrected chi connectivity index (χ4v) is 8.54. The summed E-state index contributed by atoms with van der Waals surface area (Å²) in [6, 6.07) is 12.4. The van der Waals surface area contributed by atoms with Gasteiger partial charge in [-0.2, -0.15) is 17.5 Å². The minimum Gasteiger partial charge on any atom is -0.508 e. The molecule has 4 rings (SSSR count). The van der Waals surface area contributed by atoms with Crippen LogP contribution in [-0.2, 0) is 36.1 Å². The van der Waals surface area contributed by atoms with Gasteiger partial charge in [0.2, 0.25) is 29.9 Å². The van der Waals surface area contributed by atoms with Gasteiger partial charge in [0.15, 0.2) is 0 Å². The molecule has 0 amide bonds. The molecule has 1 saturated heterocycles. The number of nitrogens with one attached hydrogen (secondary N) is 1. The van der Waals surface area contributed by atoms with Crippen LogP contribution < -0.4 is 4.72 Å². The highest BCUT2D eigenvalue weighted by molar-refractivity contribution is 7.91. The van der Waals surface area contributed by atoms with Crippen molar-refractivity contribution in [3.63, 3.8) is 0 Å². The second kappa shape index (κ2) is 10.5. The summed E-state index contributed by atoms with van der Waals surface area (Å²) in [5.41, 5.74) is -1.53. The highest BCUT2D eigenvalue weighted by atomic mass is 32.2. The van der Waals surface area contributed by atoms with Crippen molar-refractivity contribution >= 4 is 29.9 Å². The maximum atomic E-state index is 13.7. The number of hydrogen-bond acceptors (Lipinski definition) is 7. The van der Waals surface area contributed by atoms with Crippen LogP contribution in [0.4, 0.5) is 13.2 Å². The number of rotatable bonds is 7. The van der Waals surface area contributed by atoms with Gasteiger partial charge in [-0.15, -0.1) is 0 Å². The zero-order valence-corrected chi connectivity index (χ0v) is 22.5. The number of benzene rings is 3. The molecule has 0 bridgehead atoms. The number of phenols is 1. The maximum Gasteiger partial charge on any atom is 0.417 e. The van der Waals surface area contributed by atoms with E-state index in [2.05, 4.69) is 4.72 Å². The Balaban J connectivity index is 1.59. The molecule has 0 aromatic heterocycles. The van der Waals surface area contributed by atoms with E-state index < -0.39 is 57.5 Å². The first kappa shape index (κ1) is 29.0. The van der Waals surface area contributed by atoms with E-state index in [0.29, 0.717) is 18.2 Å². The highest BCUT2D eigenvalue weighted by Crippen LogP contribution is 2.36. The smallest absolute Gasteiger partial charge is 0.417 e. The zero-order valence-electron chi connectivity index (χ0n) is 20.0.